The number of para-hydroxylation sites is 1. The van der Waals surface area contributed by atoms with Gasteiger partial charge in [-0.05, 0) is 73.7 Å². The van der Waals surface area contributed by atoms with Crippen molar-refractivity contribution in [1.82, 2.24) is 0 Å². The zero-order valence-electron chi connectivity index (χ0n) is 17.7. The molecule has 1 atom stereocenters. The summed E-state index contributed by atoms with van der Waals surface area (Å²) in [6.07, 6.45) is 0.808. The second-order valence-corrected chi connectivity index (χ2v) is 8.07. The summed E-state index contributed by atoms with van der Waals surface area (Å²) in [4.78, 5) is 0. The molecular formula is C26H24F4O2. The molecule has 6 heteroatoms. The van der Waals surface area contributed by atoms with Crippen LogP contribution in [0, 0.1) is 11.6 Å². The fraction of sp³-hybridized carbons (Fsp3) is 0.308. The molecule has 0 spiro atoms. The van der Waals surface area contributed by atoms with Crippen LogP contribution in [0.2, 0.25) is 0 Å². The van der Waals surface area contributed by atoms with Gasteiger partial charge >= 0.3 is 0 Å². The highest BCUT2D eigenvalue weighted by molar-refractivity contribution is 5.42. The first kappa shape index (κ1) is 22.2. The van der Waals surface area contributed by atoms with E-state index in [2.05, 4.69) is 0 Å². The lowest BCUT2D eigenvalue weighted by Crippen LogP contribution is -2.17. The Morgan fingerprint density at radius 3 is 2.28 bits per heavy atom. The van der Waals surface area contributed by atoms with Crippen molar-refractivity contribution < 1.29 is 27.0 Å². The Labute approximate surface area is 184 Å². The number of halogens is 4. The Bertz CT molecular complexity index is 1080. The number of alkyl halides is 2. The van der Waals surface area contributed by atoms with Gasteiger partial charge in [0, 0.05) is 6.42 Å². The molecule has 3 aromatic rings. The summed E-state index contributed by atoms with van der Waals surface area (Å²) in [5.41, 5.74) is -0.299. The van der Waals surface area contributed by atoms with Crippen molar-refractivity contribution in [3.05, 3.63) is 89.5 Å². The number of benzene rings is 3. The molecule has 0 aromatic heterocycles. The molecule has 1 fully saturated rings. The Kier molecular flexibility index (Phi) is 6.13. The summed E-state index contributed by atoms with van der Waals surface area (Å²) in [5, 5.41) is 0. The highest BCUT2D eigenvalue weighted by Crippen LogP contribution is 2.64. The van der Waals surface area contributed by atoms with Crippen LogP contribution in [0.4, 0.5) is 17.6 Å². The first-order valence-corrected chi connectivity index (χ1v) is 10.7. The minimum atomic E-state index is -2.88. The van der Waals surface area contributed by atoms with Crippen molar-refractivity contribution in [2.75, 3.05) is 6.61 Å². The van der Waals surface area contributed by atoms with E-state index in [4.69, 9.17) is 9.47 Å². The molecule has 1 aliphatic rings. The molecule has 2 nitrogen and oxygen atoms in total. The largest absolute Gasteiger partial charge is 0.491 e. The van der Waals surface area contributed by atoms with Crippen molar-refractivity contribution in [2.24, 2.45) is 0 Å². The van der Waals surface area contributed by atoms with E-state index in [1.165, 1.54) is 18.2 Å². The molecule has 0 heterocycles. The first-order chi connectivity index (χ1) is 15.3. The van der Waals surface area contributed by atoms with E-state index in [1.807, 2.05) is 6.07 Å². The van der Waals surface area contributed by atoms with Gasteiger partial charge in [0.1, 0.15) is 5.75 Å². The molecule has 0 N–H and O–H groups in total. The van der Waals surface area contributed by atoms with Gasteiger partial charge in [-0.3, -0.25) is 0 Å². The van der Waals surface area contributed by atoms with Crippen LogP contribution in [0.15, 0.2) is 66.7 Å². The summed E-state index contributed by atoms with van der Waals surface area (Å²) in [7, 11) is 0. The third-order valence-electron chi connectivity index (χ3n) is 5.92. The summed E-state index contributed by atoms with van der Waals surface area (Å²) in [6.45, 7) is 2.03. The Morgan fingerprint density at radius 1 is 0.875 bits per heavy atom. The van der Waals surface area contributed by atoms with E-state index in [-0.39, 0.29) is 29.9 Å². The van der Waals surface area contributed by atoms with Gasteiger partial charge in [0.25, 0.3) is 5.92 Å². The maximum Gasteiger partial charge on any atom is 0.258 e. The van der Waals surface area contributed by atoms with Crippen LogP contribution >= 0.6 is 0 Å². The minimum Gasteiger partial charge on any atom is -0.491 e. The Hall–Kier alpha value is -3.02. The van der Waals surface area contributed by atoms with Gasteiger partial charge in [-0.1, -0.05) is 30.3 Å². The number of rotatable bonds is 9. The highest BCUT2D eigenvalue weighted by Gasteiger charge is 2.71. The van der Waals surface area contributed by atoms with E-state index >= 15 is 0 Å². The molecule has 0 amide bonds. The summed E-state index contributed by atoms with van der Waals surface area (Å²) >= 11 is 0. The van der Waals surface area contributed by atoms with Gasteiger partial charge in [-0.15, -0.1) is 0 Å². The van der Waals surface area contributed by atoms with E-state index in [0.717, 1.165) is 11.6 Å². The zero-order chi connectivity index (χ0) is 22.8. The van der Waals surface area contributed by atoms with Crippen LogP contribution in [0.25, 0.3) is 0 Å². The van der Waals surface area contributed by atoms with Gasteiger partial charge in [0.2, 0.25) is 0 Å². The average Bonchev–Trinajstić information content (AvgIpc) is 3.34. The molecule has 3 aromatic carbocycles. The highest BCUT2D eigenvalue weighted by atomic mass is 19.3. The van der Waals surface area contributed by atoms with Gasteiger partial charge in [-0.25, -0.2) is 17.6 Å². The van der Waals surface area contributed by atoms with Crippen LogP contribution in [0.1, 0.15) is 37.3 Å². The number of aryl methyl sites for hydroxylation is 1. The molecule has 1 aliphatic carbocycles. The van der Waals surface area contributed by atoms with Crippen molar-refractivity contribution in [1.29, 1.82) is 0 Å². The third kappa shape index (κ3) is 4.45. The van der Waals surface area contributed by atoms with Gasteiger partial charge in [-0.2, -0.15) is 0 Å². The van der Waals surface area contributed by atoms with Crippen LogP contribution in [-0.4, -0.2) is 12.5 Å². The van der Waals surface area contributed by atoms with Crippen LogP contribution in [0.3, 0.4) is 0 Å². The molecule has 0 saturated heterocycles. The van der Waals surface area contributed by atoms with Crippen LogP contribution < -0.4 is 9.47 Å². The summed E-state index contributed by atoms with van der Waals surface area (Å²) in [6, 6.07) is 17.5. The lowest BCUT2D eigenvalue weighted by Gasteiger charge is -2.18. The molecule has 168 valence electrons. The molecule has 4 rings (SSSR count). The fourth-order valence-corrected chi connectivity index (χ4v) is 4.13. The second-order valence-electron chi connectivity index (χ2n) is 8.07. The monoisotopic (exact) mass is 444 g/mol. The maximum absolute atomic E-state index is 14.4. The van der Waals surface area contributed by atoms with Crippen molar-refractivity contribution in [2.45, 2.75) is 43.9 Å². The minimum absolute atomic E-state index is 0.0626. The molecule has 32 heavy (non-hydrogen) atoms. The zero-order valence-corrected chi connectivity index (χ0v) is 17.7. The Morgan fingerprint density at radius 2 is 1.62 bits per heavy atom. The SMILES string of the molecule is CCOc1ccc(C2(CCCc3ccc(F)c(Oc4ccccc4)c3)CC2(F)F)cc1F. The lowest BCUT2D eigenvalue weighted by molar-refractivity contribution is 0.0845. The standard InChI is InChI=1S/C26H24F4O2/c1-2-31-23-13-11-19(16-22(23)28)25(17-26(25,29)30)14-6-7-18-10-12-21(27)24(15-18)32-20-8-4-3-5-9-20/h3-5,8-13,15-16H,2,6-7,14,17H2,1H3. The van der Waals surface area contributed by atoms with Crippen molar-refractivity contribution in [3.63, 3.8) is 0 Å². The predicted octanol–water partition coefficient (Wildman–Crippen LogP) is 7.46. The van der Waals surface area contributed by atoms with Crippen molar-refractivity contribution >= 4 is 0 Å². The lowest BCUT2D eigenvalue weighted by atomic mass is 9.88. The summed E-state index contributed by atoms with van der Waals surface area (Å²) in [5.74, 6) is -3.34. The van der Waals surface area contributed by atoms with Gasteiger partial charge in [0.15, 0.2) is 23.1 Å². The smallest absolute Gasteiger partial charge is 0.258 e. The quantitative estimate of drug-likeness (QED) is 0.319. The van der Waals surface area contributed by atoms with E-state index in [9.17, 15) is 17.6 Å². The number of ether oxygens (including phenoxy) is 2. The topological polar surface area (TPSA) is 18.5 Å². The van der Waals surface area contributed by atoms with Crippen molar-refractivity contribution in [3.8, 4) is 17.2 Å². The number of hydrogen-bond donors (Lipinski definition) is 0. The van der Waals surface area contributed by atoms with Gasteiger partial charge in [0.05, 0.1) is 12.0 Å². The first-order valence-electron chi connectivity index (χ1n) is 10.7. The second kappa shape index (κ2) is 8.85. The normalized spacial score (nSPS) is 18.9. The average molecular weight is 444 g/mol. The fourth-order valence-electron chi connectivity index (χ4n) is 4.13. The molecule has 1 unspecified atom stereocenters. The van der Waals surface area contributed by atoms with E-state index in [0.29, 0.717) is 25.2 Å². The van der Waals surface area contributed by atoms with Crippen LogP contribution in [0.5, 0.6) is 17.2 Å². The third-order valence-corrected chi connectivity index (χ3v) is 5.92. The molecule has 0 aliphatic heterocycles. The molecule has 0 radical (unpaired) electrons. The molecule has 0 bridgehead atoms. The Balaban J connectivity index is 1.45. The number of hydrogen-bond acceptors (Lipinski definition) is 2. The van der Waals surface area contributed by atoms with Crippen LogP contribution in [-0.2, 0) is 11.8 Å². The predicted molar refractivity (Wildman–Crippen MR) is 115 cm³/mol. The summed E-state index contributed by atoms with van der Waals surface area (Å²) < 4.78 is 68.0. The van der Waals surface area contributed by atoms with E-state index in [1.54, 1.807) is 43.3 Å². The van der Waals surface area contributed by atoms with Gasteiger partial charge < -0.3 is 9.47 Å². The maximum atomic E-state index is 14.4. The molecule has 1 saturated carbocycles. The molecular weight excluding hydrogens is 420 g/mol. The van der Waals surface area contributed by atoms with E-state index < -0.39 is 23.0 Å².